The lowest BCUT2D eigenvalue weighted by Gasteiger charge is -2.37. The van der Waals surface area contributed by atoms with E-state index >= 15 is 0 Å². The molecule has 150 valence electrons. The summed E-state index contributed by atoms with van der Waals surface area (Å²) < 4.78 is 22.1. The molecule has 1 N–H and O–H groups in total. The summed E-state index contributed by atoms with van der Waals surface area (Å²) in [5, 5.41) is 0.155. The lowest BCUT2D eigenvalue weighted by atomic mass is 10.1. The highest BCUT2D eigenvalue weighted by Gasteiger charge is 2.38. The summed E-state index contributed by atoms with van der Waals surface area (Å²) in [5.41, 5.74) is 1.13. The SMILES string of the molecule is CCSc1ccc([C@@H](CO[Si](C)(C)C(C)(C)C)N[S@](=O)C(C)(C)C)cc1. The maximum atomic E-state index is 12.7. The fourth-order valence-corrected chi connectivity index (χ4v) is 4.47. The first kappa shape index (κ1) is 23.9. The van der Waals surface area contributed by atoms with Gasteiger partial charge in [-0.05, 0) is 62.4 Å². The highest BCUT2D eigenvalue weighted by molar-refractivity contribution is 7.99. The highest BCUT2D eigenvalue weighted by atomic mass is 32.2. The third-order valence-corrected chi connectivity index (χ3v) is 11.8. The van der Waals surface area contributed by atoms with Crippen molar-refractivity contribution in [1.29, 1.82) is 0 Å². The van der Waals surface area contributed by atoms with Crippen molar-refractivity contribution in [3.8, 4) is 0 Å². The van der Waals surface area contributed by atoms with Crippen molar-refractivity contribution in [3.63, 3.8) is 0 Å². The van der Waals surface area contributed by atoms with Gasteiger partial charge in [-0.3, -0.25) is 0 Å². The molecule has 1 aromatic carbocycles. The molecule has 0 saturated carbocycles. The smallest absolute Gasteiger partial charge is 0.192 e. The van der Waals surface area contributed by atoms with Gasteiger partial charge in [0.05, 0.1) is 28.4 Å². The second kappa shape index (κ2) is 9.37. The predicted octanol–water partition coefficient (Wildman–Crippen LogP) is 5.91. The Morgan fingerprint density at radius 1 is 1.12 bits per heavy atom. The van der Waals surface area contributed by atoms with Crippen LogP contribution in [0.3, 0.4) is 0 Å². The molecule has 0 aromatic heterocycles. The molecule has 2 atom stereocenters. The van der Waals surface area contributed by atoms with E-state index in [0.29, 0.717) is 6.61 Å². The normalized spacial score (nSPS) is 15.7. The summed E-state index contributed by atoms with van der Waals surface area (Å²) in [4.78, 5) is 1.26. The van der Waals surface area contributed by atoms with E-state index in [-0.39, 0.29) is 15.8 Å². The average Bonchev–Trinajstić information content (AvgIpc) is 2.50. The van der Waals surface area contributed by atoms with Crippen LogP contribution in [-0.4, -0.2) is 29.6 Å². The van der Waals surface area contributed by atoms with Crippen LogP contribution in [0.1, 0.15) is 60.1 Å². The standard InChI is InChI=1S/C20H37NO2S2Si/c1-10-24-17-13-11-16(12-14-17)18(21-25(22)19(2,3)4)15-23-26(8,9)20(5,6)7/h11-14,18,21H,10,15H2,1-9H3/t18-,25-/m1/s1. The van der Waals surface area contributed by atoms with Crippen molar-refractivity contribution in [2.75, 3.05) is 12.4 Å². The van der Waals surface area contributed by atoms with Crippen LogP contribution in [0.5, 0.6) is 0 Å². The van der Waals surface area contributed by atoms with Gasteiger partial charge in [0.2, 0.25) is 0 Å². The van der Waals surface area contributed by atoms with Crippen LogP contribution >= 0.6 is 11.8 Å². The largest absolute Gasteiger partial charge is 0.415 e. The van der Waals surface area contributed by atoms with E-state index in [1.807, 2.05) is 32.5 Å². The molecule has 0 heterocycles. The highest BCUT2D eigenvalue weighted by Crippen LogP contribution is 2.37. The van der Waals surface area contributed by atoms with Gasteiger partial charge in [0.15, 0.2) is 8.32 Å². The number of benzene rings is 1. The maximum Gasteiger partial charge on any atom is 0.192 e. The third-order valence-electron chi connectivity index (χ3n) is 4.82. The summed E-state index contributed by atoms with van der Waals surface area (Å²) in [5.74, 6) is 1.06. The molecule has 0 bridgehead atoms. The maximum absolute atomic E-state index is 12.7. The molecular weight excluding hydrogens is 378 g/mol. The monoisotopic (exact) mass is 415 g/mol. The molecule has 0 spiro atoms. The molecule has 0 aliphatic carbocycles. The molecule has 1 aromatic rings. The predicted molar refractivity (Wildman–Crippen MR) is 120 cm³/mol. The molecule has 0 aliphatic rings. The van der Waals surface area contributed by atoms with Gasteiger partial charge < -0.3 is 4.43 Å². The number of thioether (sulfide) groups is 1. The molecule has 0 unspecified atom stereocenters. The minimum atomic E-state index is -1.86. The first-order valence-electron chi connectivity index (χ1n) is 9.32. The molecule has 0 aliphatic heterocycles. The van der Waals surface area contributed by atoms with Crippen molar-refractivity contribution in [2.45, 2.75) is 82.3 Å². The molecule has 0 saturated heterocycles. The topological polar surface area (TPSA) is 38.3 Å². The minimum absolute atomic E-state index is 0.0788. The lowest BCUT2D eigenvalue weighted by Crippen LogP contribution is -2.44. The zero-order valence-electron chi connectivity index (χ0n) is 17.9. The molecule has 3 nitrogen and oxygen atoms in total. The zero-order chi connectivity index (χ0) is 20.2. The van der Waals surface area contributed by atoms with Crippen molar-refractivity contribution in [3.05, 3.63) is 29.8 Å². The van der Waals surface area contributed by atoms with Crippen molar-refractivity contribution in [2.24, 2.45) is 0 Å². The fourth-order valence-electron chi connectivity index (χ4n) is 1.98. The van der Waals surface area contributed by atoms with E-state index in [2.05, 4.69) is 69.8 Å². The van der Waals surface area contributed by atoms with E-state index in [1.165, 1.54) is 4.90 Å². The summed E-state index contributed by atoms with van der Waals surface area (Å²) in [7, 11) is -3.01. The van der Waals surface area contributed by atoms with E-state index in [4.69, 9.17) is 4.43 Å². The van der Waals surface area contributed by atoms with Gasteiger partial charge in [0, 0.05) is 4.90 Å². The van der Waals surface area contributed by atoms with Crippen molar-refractivity contribution < 1.29 is 8.63 Å². The van der Waals surface area contributed by atoms with Gasteiger partial charge in [-0.1, -0.05) is 39.8 Å². The fraction of sp³-hybridized carbons (Fsp3) is 0.700. The van der Waals surface area contributed by atoms with Gasteiger partial charge in [-0.15, -0.1) is 11.8 Å². The molecular formula is C20H37NO2S2Si. The molecule has 0 fully saturated rings. The zero-order valence-corrected chi connectivity index (χ0v) is 20.6. The number of nitrogens with one attached hydrogen (secondary N) is 1. The second-order valence-electron chi connectivity index (χ2n) is 9.12. The van der Waals surface area contributed by atoms with Gasteiger partial charge in [-0.25, -0.2) is 8.93 Å². The van der Waals surface area contributed by atoms with E-state index in [1.54, 1.807) is 0 Å². The Labute approximate surface area is 168 Å². The lowest BCUT2D eigenvalue weighted by molar-refractivity contribution is 0.257. The Kier molecular flexibility index (Phi) is 8.61. The van der Waals surface area contributed by atoms with Gasteiger partial charge in [0.1, 0.15) is 0 Å². The summed E-state index contributed by atoms with van der Waals surface area (Å²) >= 11 is 1.83. The first-order valence-corrected chi connectivity index (χ1v) is 14.4. The third kappa shape index (κ3) is 7.11. The van der Waals surface area contributed by atoms with Gasteiger partial charge >= 0.3 is 0 Å². The molecule has 0 radical (unpaired) electrons. The molecule has 6 heteroatoms. The molecule has 26 heavy (non-hydrogen) atoms. The van der Waals surface area contributed by atoms with Crippen molar-refractivity contribution >= 4 is 31.1 Å². The summed E-state index contributed by atoms with van der Waals surface area (Å²) in [6, 6.07) is 8.47. The van der Waals surface area contributed by atoms with Crippen LogP contribution in [0.4, 0.5) is 0 Å². The Balaban J connectivity index is 3.00. The van der Waals surface area contributed by atoms with Gasteiger partial charge in [-0.2, -0.15) is 0 Å². The summed E-state index contributed by atoms with van der Waals surface area (Å²) in [6.45, 7) is 19.9. The number of hydrogen-bond donors (Lipinski definition) is 1. The Morgan fingerprint density at radius 2 is 1.65 bits per heavy atom. The average molecular weight is 416 g/mol. The van der Waals surface area contributed by atoms with Crippen molar-refractivity contribution in [1.82, 2.24) is 4.72 Å². The Bertz CT molecular complexity index is 589. The molecule has 1 rings (SSSR count). The van der Waals surface area contributed by atoms with Crippen LogP contribution in [0.25, 0.3) is 0 Å². The Morgan fingerprint density at radius 3 is 2.08 bits per heavy atom. The van der Waals surface area contributed by atoms with Crippen LogP contribution in [0, 0.1) is 0 Å². The van der Waals surface area contributed by atoms with Gasteiger partial charge in [0.25, 0.3) is 0 Å². The van der Waals surface area contributed by atoms with Crippen LogP contribution in [0.2, 0.25) is 18.1 Å². The first-order chi connectivity index (χ1) is 11.8. The van der Waals surface area contributed by atoms with Crippen LogP contribution in [-0.2, 0) is 15.4 Å². The van der Waals surface area contributed by atoms with Crippen LogP contribution < -0.4 is 4.72 Å². The van der Waals surface area contributed by atoms with E-state index in [0.717, 1.165) is 11.3 Å². The number of hydrogen-bond acceptors (Lipinski definition) is 3. The Hall–Kier alpha value is -0.143. The van der Waals surface area contributed by atoms with Crippen LogP contribution in [0.15, 0.2) is 29.2 Å². The quantitative estimate of drug-likeness (QED) is 0.423. The minimum Gasteiger partial charge on any atom is -0.415 e. The summed E-state index contributed by atoms with van der Waals surface area (Å²) in [6.07, 6.45) is 0. The van der Waals surface area contributed by atoms with E-state index < -0.39 is 19.3 Å². The second-order valence-corrected chi connectivity index (χ2v) is 17.3. The molecule has 0 amide bonds. The number of rotatable bonds is 8. The van der Waals surface area contributed by atoms with E-state index in [9.17, 15) is 4.21 Å².